The highest BCUT2D eigenvalue weighted by Crippen LogP contribution is 2.14. The maximum atomic E-state index is 13.7. The average Bonchev–Trinajstić information content (AvgIpc) is 2.98. The summed E-state index contributed by atoms with van der Waals surface area (Å²) in [7, 11) is 0. The van der Waals surface area contributed by atoms with E-state index in [-0.39, 0.29) is 43.1 Å². The van der Waals surface area contributed by atoms with Crippen LogP contribution >= 0.6 is 0 Å². The summed E-state index contributed by atoms with van der Waals surface area (Å²) in [4.78, 5) is 52.2. The van der Waals surface area contributed by atoms with Crippen LogP contribution in [0.15, 0.2) is 78.9 Å². The van der Waals surface area contributed by atoms with Crippen LogP contribution in [0, 0.1) is 5.92 Å². The molecule has 3 amide bonds. The molecule has 0 saturated carbocycles. The molecule has 3 rings (SSSR count). The maximum Gasteiger partial charge on any atom is 0.326 e. The summed E-state index contributed by atoms with van der Waals surface area (Å²) in [5.41, 5.74) is 8.25. The third kappa shape index (κ3) is 10.7. The highest BCUT2D eigenvalue weighted by Gasteiger charge is 2.31. The molecular weight excluding hydrogens is 564 g/mol. The van der Waals surface area contributed by atoms with Crippen molar-refractivity contribution >= 4 is 23.7 Å². The molecule has 11 nitrogen and oxygen atoms in total. The number of carboxylic acid groups (broad SMARTS) is 1. The molecule has 0 aliphatic carbocycles. The fourth-order valence-corrected chi connectivity index (χ4v) is 4.63. The minimum Gasteiger partial charge on any atom is -0.508 e. The van der Waals surface area contributed by atoms with E-state index in [1.807, 2.05) is 19.9 Å². The van der Waals surface area contributed by atoms with Crippen molar-refractivity contribution in [2.45, 2.75) is 63.7 Å². The number of nitrogens with two attached hydrogens (primary N) is 1. The zero-order valence-corrected chi connectivity index (χ0v) is 24.8. The highest BCUT2D eigenvalue weighted by molar-refractivity contribution is 5.94. The van der Waals surface area contributed by atoms with Crippen LogP contribution in [0.1, 0.15) is 37.0 Å². The Labute approximate surface area is 256 Å². The number of phenolic OH excluding ortho intramolecular Hbond substituents is 2. The monoisotopic (exact) mass is 604 g/mol. The first-order valence-electron chi connectivity index (χ1n) is 14.4. The van der Waals surface area contributed by atoms with E-state index in [4.69, 9.17) is 5.73 Å². The molecule has 3 aromatic rings. The standard InChI is InChI=1S/C33H40N4O7/c1-20(2)16-29(33(43)44)37-32(42)28(19-23-10-14-25(39)15-11-23)36-31(41)27(18-21-6-4-3-5-7-21)35-30(40)26(34)17-22-8-12-24(38)13-9-22/h3-15,20,26-29,38-39H,16-19,34H2,1-2H3,(H,35,40)(H,36,41)(H,37,42)(H,43,44). The summed E-state index contributed by atoms with van der Waals surface area (Å²) in [6, 6.07) is 16.9. The van der Waals surface area contributed by atoms with E-state index in [0.29, 0.717) is 5.56 Å². The van der Waals surface area contributed by atoms with Crippen molar-refractivity contribution in [2.24, 2.45) is 11.7 Å². The third-order valence-electron chi connectivity index (χ3n) is 6.98. The van der Waals surface area contributed by atoms with Crippen molar-refractivity contribution in [3.8, 4) is 11.5 Å². The number of aliphatic carboxylic acids is 1. The fraction of sp³-hybridized carbons (Fsp3) is 0.333. The Bertz CT molecular complexity index is 1400. The predicted octanol–water partition coefficient (Wildman–Crippen LogP) is 2.04. The molecule has 4 atom stereocenters. The zero-order valence-electron chi connectivity index (χ0n) is 24.8. The minimum atomic E-state index is -1.20. The zero-order chi connectivity index (χ0) is 32.2. The van der Waals surface area contributed by atoms with E-state index in [0.717, 1.165) is 11.1 Å². The first-order chi connectivity index (χ1) is 20.9. The highest BCUT2D eigenvalue weighted by atomic mass is 16.4. The van der Waals surface area contributed by atoms with Gasteiger partial charge in [-0.25, -0.2) is 4.79 Å². The number of benzene rings is 3. The van der Waals surface area contributed by atoms with E-state index in [2.05, 4.69) is 16.0 Å². The molecule has 8 N–H and O–H groups in total. The van der Waals surface area contributed by atoms with Crippen molar-refractivity contribution in [3.05, 3.63) is 95.6 Å². The number of rotatable bonds is 15. The van der Waals surface area contributed by atoms with Crippen LogP contribution in [0.5, 0.6) is 11.5 Å². The molecular formula is C33H40N4O7. The predicted molar refractivity (Wildman–Crippen MR) is 165 cm³/mol. The van der Waals surface area contributed by atoms with Gasteiger partial charge in [-0.2, -0.15) is 0 Å². The second kappa shape index (κ2) is 16.1. The number of phenols is 2. The van der Waals surface area contributed by atoms with Crippen molar-refractivity contribution in [1.29, 1.82) is 0 Å². The Balaban J connectivity index is 1.83. The second-order valence-electron chi connectivity index (χ2n) is 11.2. The Morgan fingerprint density at radius 3 is 1.48 bits per heavy atom. The van der Waals surface area contributed by atoms with Gasteiger partial charge in [0.1, 0.15) is 29.6 Å². The molecule has 0 fully saturated rings. The van der Waals surface area contributed by atoms with E-state index < -0.39 is 47.9 Å². The summed E-state index contributed by atoms with van der Waals surface area (Å²) >= 11 is 0. The average molecular weight is 605 g/mol. The summed E-state index contributed by atoms with van der Waals surface area (Å²) < 4.78 is 0. The number of carboxylic acids is 1. The SMILES string of the molecule is CC(C)CC(NC(=O)C(Cc1ccc(O)cc1)NC(=O)C(Cc1ccccc1)NC(=O)C(N)Cc1ccc(O)cc1)C(=O)O. The first kappa shape index (κ1) is 33.6. The van der Waals surface area contributed by atoms with Crippen molar-refractivity contribution in [1.82, 2.24) is 16.0 Å². The molecule has 3 aromatic carbocycles. The Morgan fingerprint density at radius 2 is 1.02 bits per heavy atom. The summed E-state index contributed by atoms with van der Waals surface area (Å²) in [6.45, 7) is 3.67. The Morgan fingerprint density at radius 1 is 0.614 bits per heavy atom. The van der Waals surface area contributed by atoms with Crippen molar-refractivity contribution < 1.29 is 34.5 Å². The minimum absolute atomic E-state index is 0.00175. The number of carbonyl (C=O) groups excluding carboxylic acids is 3. The number of hydrogen-bond acceptors (Lipinski definition) is 7. The molecule has 4 unspecified atom stereocenters. The third-order valence-corrected chi connectivity index (χ3v) is 6.98. The van der Waals surface area contributed by atoms with Gasteiger partial charge in [-0.15, -0.1) is 0 Å². The van der Waals surface area contributed by atoms with Crippen LogP contribution in [0.4, 0.5) is 0 Å². The molecule has 11 heteroatoms. The molecule has 234 valence electrons. The van der Waals surface area contributed by atoms with E-state index in [1.165, 1.54) is 24.3 Å². The molecule has 0 aromatic heterocycles. The molecule has 0 aliphatic rings. The van der Waals surface area contributed by atoms with Crippen LogP contribution in [0.25, 0.3) is 0 Å². The quantitative estimate of drug-likeness (QED) is 0.137. The van der Waals surface area contributed by atoms with Gasteiger partial charge in [-0.1, -0.05) is 68.4 Å². The lowest BCUT2D eigenvalue weighted by Crippen LogP contribution is -2.58. The Kier molecular flexibility index (Phi) is 12.3. The number of aromatic hydroxyl groups is 2. The van der Waals surface area contributed by atoms with Gasteiger partial charge in [-0.3, -0.25) is 14.4 Å². The lowest BCUT2D eigenvalue weighted by molar-refractivity contribution is -0.142. The normalized spacial score (nSPS) is 13.7. The molecule has 44 heavy (non-hydrogen) atoms. The van der Waals surface area contributed by atoms with Crippen LogP contribution in [0.2, 0.25) is 0 Å². The van der Waals surface area contributed by atoms with Gasteiger partial charge in [0.05, 0.1) is 6.04 Å². The maximum absolute atomic E-state index is 13.7. The Hall–Kier alpha value is -4.90. The largest absolute Gasteiger partial charge is 0.508 e. The molecule has 0 aliphatic heterocycles. The fourth-order valence-electron chi connectivity index (χ4n) is 4.63. The molecule has 0 radical (unpaired) electrons. The van der Waals surface area contributed by atoms with Crippen LogP contribution in [-0.4, -0.2) is 63.2 Å². The van der Waals surface area contributed by atoms with Gasteiger partial charge in [0.15, 0.2) is 0 Å². The van der Waals surface area contributed by atoms with Gasteiger partial charge >= 0.3 is 5.97 Å². The van der Waals surface area contributed by atoms with Crippen LogP contribution in [-0.2, 0) is 38.4 Å². The molecule has 0 bridgehead atoms. The summed E-state index contributed by atoms with van der Waals surface area (Å²) in [5, 5.41) is 36.8. The molecule has 0 saturated heterocycles. The number of carbonyl (C=O) groups is 4. The van der Waals surface area contributed by atoms with Crippen LogP contribution in [0.3, 0.4) is 0 Å². The number of amides is 3. The lowest BCUT2D eigenvalue weighted by atomic mass is 10.00. The van der Waals surface area contributed by atoms with Gasteiger partial charge < -0.3 is 37.0 Å². The molecule has 0 spiro atoms. The van der Waals surface area contributed by atoms with E-state index in [1.54, 1.807) is 48.5 Å². The second-order valence-corrected chi connectivity index (χ2v) is 11.2. The molecule has 0 heterocycles. The van der Waals surface area contributed by atoms with Gasteiger partial charge in [0.2, 0.25) is 17.7 Å². The van der Waals surface area contributed by atoms with Crippen LogP contribution < -0.4 is 21.7 Å². The van der Waals surface area contributed by atoms with E-state index in [9.17, 15) is 34.5 Å². The first-order valence-corrected chi connectivity index (χ1v) is 14.4. The smallest absolute Gasteiger partial charge is 0.326 e. The van der Waals surface area contributed by atoms with Gasteiger partial charge in [0.25, 0.3) is 0 Å². The van der Waals surface area contributed by atoms with Gasteiger partial charge in [0, 0.05) is 12.8 Å². The number of hydrogen-bond donors (Lipinski definition) is 7. The topological polar surface area (TPSA) is 191 Å². The van der Waals surface area contributed by atoms with Gasteiger partial charge in [-0.05, 0) is 59.7 Å². The lowest BCUT2D eigenvalue weighted by Gasteiger charge is -2.26. The van der Waals surface area contributed by atoms with Crippen molar-refractivity contribution in [3.63, 3.8) is 0 Å². The summed E-state index contributed by atoms with van der Waals surface area (Å²) in [5.74, 6) is -3.05. The van der Waals surface area contributed by atoms with E-state index >= 15 is 0 Å². The number of nitrogens with one attached hydrogen (secondary N) is 3. The summed E-state index contributed by atoms with van der Waals surface area (Å²) in [6.07, 6.45) is 0.442. The van der Waals surface area contributed by atoms with Crippen molar-refractivity contribution in [2.75, 3.05) is 0 Å².